The quantitative estimate of drug-likeness (QED) is 0.903. The van der Waals surface area contributed by atoms with Crippen molar-refractivity contribution in [1.82, 2.24) is 9.88 Å². The van der Waals surface area contributed by atoms with Crippen molar-refractivity contribution in [2.24, 2.45) is 0 Å². The number of carbonyl (C=O) groups is 2. The summed E-state index contributed by atoms with van der Waals surface area (Å²) in [5.41, 5.74) is 0.333. The lowest BCUT2D eigenvalue weighted by molar-refractivity contribution is -0.145. The molecule has 1 heterocycles. The number of rotatable bonds is 5. The van der Waals surface area contributed by atoms with Crippen LogP contribution in [0.2, 0.25) is 0 Å². The molecule has 0 aromatic carbocycles. The number of hydrogen-bond acceptors (Lipinski definition) is 3. The Morgan fingerprint density at radius 1 is 1.33 bits per heavy atom. The van der Waals surface area contributed by atoms with Gasteiger partial charge in [0.2, 0.25) is 5.91 Å². The minimum atomic E-state index is -0.835. The molecule has 1 aliphatic carbocycles. The summed E-state index contributed by atoms with van der Waals surface area (Å²) in [6.45, 7) is 0. The van der Waals surface area contributed by atoms with Crippen LogP contribution in [-0.4, -0.2) is 39.5 Å². The molecule has 21 heavy (non-hydrogen) atoms. The molecule has 1 aliphatic rings. The Balaban J connectivity index is 2.11. The fourth-order valence-electron chi connectivity index (χ4n) is 3.18. The highest BCUT2D eigenvalue weighted by Gasteiger charge is 2.40. The third kappa shape index (κ3) is 3.80. The third-order valence-corrected chi connectivity index (χ3v) is 4.43. The number of carboxylic acid groups (broad SMARTS) is 1. The van der Waals surface area contributed by atoms with Gasteiger partial charge in [0.25, 0.3) is 0 Å². The molecule has 2 rings (SSSR count). The smallest absolute Gasteiger partial charge is 0.305 e. The van der Waals surface area contributed by atoms with Crippen molar-refractivity contribution in [1.29, 1.82) is 0 Å². The Hall–Kier alpha value is -1.91. The Kier molecular flexibility index (Phi) is 4.94. The molecule has 0 bridgehead atoms. The highest BCUT2D eigenvalue weighted by atomic mass is 16.4. The monoisotopic (exact) mass is 290 g/mol. The van der Waals surface area contributed by atoms with E-state index in [1.165, 1.54) is 0 Å². The van der Waals surface area contributed by atoms with Gasteiger partial charge in [0.05, 0.1) is 18.4 Å². The summed E-state index contributed by atoms with van der Waals surface area (Å²) in [6.07, 6.45) is 8.28. The van der Waals surface area contributed by atoms with Crippen LogP contribution >= 0.6 is 0 Å². The molecule has 0 spiro atoms. The Morgan fingerprint density at radius 2 is 2.05 bits per heavy atom. The molecule has 5 heteroatoms. The summed E-state index contributed by atoms with van der Waals surface area (Å²) < 4.78 is 0. The maximum Gasteiger partial charge on any atom is 0.305 e. The van der Waals surface area contributed by atoms with Crippen LogP contribution in [-0.2, 0) is 16.0 Å². The molecular weight excluding hydrogens is 268 g/mol. The van der Waals surface area contributed by atoms with Crippen LogP contribution in [0, 0.1) is 0 Å². The first kappa shape index (κ1) is 15.5. The largest absolute Gasteiger partial charge is 0.481 e. The normalized spacial score (nSPS) is 17.2. The molecule has 1 aromatic heterocycles. The Bertz CT molecular complexity index is 496. The first-order chi connectivity index (χ1) is 10.0. The first-order valence-corrected chi connectivity index (χ1v) is 7.41. The lowest BCUT2D eigenvalue weighted by atomic mass is 9.78. The van der Waals surface area contributed by atoms with Crippen molar-refractivity contribution in [3.05, 3.63) is 30.1 Å². The summed E-state index contributed by atoms with van der Waals surface area (Å²) in [5, 5.41) is 9.20. The van der Waals surface area contributed by atoms with Crippen LogP contribution < -0.4 is 0 Å². The molecule has 1 fully saturated rings. The van der Waals surface area contributed by atoms with Gasteiger partial charge in [0, 0.05) is 19.4 Å². The first-order valence-electron chi connectivity index (χ1n) is 7.41. The SMILES string of the molecule is CN(C(=O)Cc1cccnc1)C1(CC(=O)O)CCCCC1. The molecule has 0 unspecified atom stereocenters. The number of carboxylic acids is 1. The molecule has 0 radical (unpaired) electrons. The zero-order valence-corrected chi connectivity index (χ0v) is 12.4. The predicted molar refractivity (Wildman–Crippen MR) is 78.8 cm³/mol. The van der Waals surface area contributed by atoms with Crippen molar-refractivity contribution in [2.75, 3.05) is 7.05 Å². The van der Waals surface area contributed by atoms with Gasteiger partial charge in [-0.05, 0) is 24.5 Å². The topological polar surface area (TPSA) is 70.5 Å². The fourth-order valence-corrected chi connectivity index (χ4v) is 3.18. The van der Waals surface area contributed by atoms with Crippen LogP contribution in [0.3, 0.4) is 0 Å². The average molecular weight is 290 g/mol. The molecule has 1 N–H and O–H groups in total. The van der Waals surface area contributed by atoms with Crippen LogP contribution in [0.4, 0.5) is 0 Å². The second kappa shape index (κ2) is 6.70. The van der Waals surface area contributed by atoms with Crippen LogP contribution in [0.1, 0.15) is 44.1 Å². The zero-order valence-electron chi connectivity index (χ0n) is 12.4. The van der Waals surface area contributed by atoms with E-state index < -0.39 is 11.5 Å². The lowest BCUT2D eigenvalue weighted by Gasteiger charge is -2.44. The molecule has 114 valence electrons. The van der Waals surface area contributed by atoms with Gasteiger partial charge in [-0.25, -0.2) is 0 Å². The van der Waals surface area contributed by atoms with Gasteiger partial charge < -0.3 is 10.0 Å². The zero-order chi connectivity index (χ0) is 15.3. The number of pyridine rings is 1. The summed E-state index contributed by atoms with van der Waals surface area (Å²) in [4.78, 5) is 29.4. The number of carbonyl (C=O) groups excluding carboxylic acids is 1. The Labute approximate surface area is 125 Å². The van der Waals surface area contributed by atoms with E-state index in [0.29, 0.717) is 0 Å². The van der Waals surface area contributed by atoms with Crippen molar-refractivity contribution < 1.29 is 14.7 Å². The molecule has 0 saturated heterocycles. The number of amides is 1. The second-order valence-corrected chi connectivity index (χ2v) is 5.85. The van der Waals surface area contributed by atoms with Gasteiger partial charge >= 0.3 is 5.97 Å². The van der Waals surface area contributed by atoms with E-state index in [4.69, 9.17) is 0 Å². The Morgan fingerprint density at radius 3 is 2.62 bits per heavy atom. The third-order valence-electron chi connectivity index (χ3n) is 4.43. The highest BCUT2D eigenvalue weighted by molar-refractivity contribution is 5.80. The van der Waals surface area contributed by atoms with E-state index in [9.17, 15) is 14.7 Å². The summed E-state index contributed by atoms with van der Waals surface area (Å²) in [6, 6.07) is 3.67. The average Bonchev–Trinajstić information content (AvgIpc) is 2.47. The predicted octanol–water partition coefficient (Wildman–Crippen LogP) is 2.26. The molecule has 0 aliphatic heterocycles. The highest BCUT2D eigenvalue weighted by Crippen LogP contribution is 2.36. The van der Waals surface area contributed by atoms with Gasteiger partial charge in [-0.1, -0.05) is 25.3 Å². The number of aromatic nitrogens is 1. The molecule has 0 atom stereocenters. The van der Waals surface area contributed by atoms with Crippen LogP contribution in [0.15, 0.2) is 24.5 Å². The van der Waals surface area contributed by atoms with Crippen LogP contribution in [0.25, 0.3) is 0 Å². The number of aliphatic carboxylic acids is 1. The fraction of sp³-hybridized carbons (Fsp3) is 0.562. The molecule has 1 saturated carbocycles. The molecule has 5 nitrogen and oxygen atoms in total. The summed E-state index contributed by atoms with van der Waals surface area (Å²) >= 11 is 0. The van der Waals surface area contributed by atoms with E-state index in [2.05, 4.69) is 4.98 Å². The van der Waals surface area contributed by atoms with E-state index in [1.54, 1.807) is 30.4 Å². The number of nitrogens with zero attached hydrogens (tertiary/aromatic N) is 2. The van der Waals surface area contributed by atoms with Crippen molar-refractivity contribution >= 4 is 11.9 Å². The molecular formula is C16H22N2O3. The number of hydrogen-bond donors (Lipinski definition) is 1. The summed E-state index contributed by atoms with van der Waals surface area (Å²) in [7, 11) is 1.74. The van der Waals surface area contributed by atoms with E-state index in [-0.39, 0.29) is 18.7 Å². The minimum absolute atomic E-state index is 0.0300. The van der Waals surface area contributed by atoms with Crippen molar-refractivity contribution in [3.63, 3.8) is 0 Å². The van der Waals surface area contributed by atoms with E-state index in [1.807, 2.05) is 6.07 Å². The van der Waals surface area contributed by atoms with Crippen LogP contribution in [0.5, 0.6) is 0 Å². The minimum Gasteiger partial charge on any atom is -0.481 e. The molecule has 1 aromatic rings. The maximum absolute atomic E-state index is 12.5. The van der Waals surface area contributed by atoms with Gasteiger partial charge in [-0.15, -0.1) is 0 Å². The second-order valence-electron chi connectivity index (χ2n) is 5.85. The van der Waals surface area contributed by atoms with Crippen molar-refractivity contribution in [3.8, 4) is 0 Å². The number of likely N-dealkylation sites (N-methyl/N-ethyl adjacent to an activating group) is 1. The van der Waals surface area contributed by atoms with E-state index >= 15 is 0 Å². The van der Waals surface area contributed by atoms with E-state index in [0.717, 1.165) is 37.7 Å². The van der Waals surface area contributed by atoms with Gasteiger partial charge in [0.15, 0.2) is 0 Å². The standard InChI is InChI=1S/C16H22N2O3/c1-18(14(19)10-13-6-5-9-17-12-13)16(11-15(20)21)7-3-2-4-8-16/h5-6,9,12H,2-4,7-8,10-11H2,1H3,(H,20,21). The van der Waals surface area contributed by atoms with Gasteiger partial charge in [-0.3, -0.25) is 14.6 Å². The van der Waals surface area contributed by atoms with Gasteiger partial charge in [0.1, 0.15) is 0 Å². The lowest BCUT2D eigenvalue weighted by Crippen LogP contribution is -2.52. The summed E-state index contributed by atoms with van der Waals surface area (Å²) in [5.74, 6) is -0.871. The maximum atomic E-state index is 12.5. The van der Waals surface area contributed by atoms with Crippen molar-refractivity contribution in [2.45, 2.75) is 50.5 Å². The van der Waals surface area contributed by atoms with Gasteiger partial charge in [-0.2, -0.15) is 0 Å². The molecule has 1 amide bonds.